The van der Waals surface area contributed by atoms with E-state index in [-0.39, 0.29) is 23.6 Å². The van der Waals surface area contributed by atoms with Crippen molar-refractivity contribution in [3.8, 4) is 11.8 Å². The second-order valence-corrected chi connectivity index (χ2v) is 3.41. The molecule has 7 nitrogen and oxygen atoms in total. The van der Waals surface area contributed by atoms with Gasteiger partial charge < -0.3 is 10.5 Å². The van der Waals surface area contributed by atoms with Gasteiger partial charge in [0.15, 0.2) is 5.75 Å². The lowest BCUT2D eigenvalue weighted by atomic mass is 10.2. The summed E-state index contributed by atoms with van der Waals surface area (Å²) in [6.07, 6.45) is 0.790. The van der Waals surface area contributed by atoms with Gasteiger partial charge >= 0.3 is 5.69 Å². The number of nitro groups is 1. The highest BCUT2D eigenvalue weighted by Gasteiger charge is 2.17. The van der Waals surface area contributed by atoms with Crippen molar-refractivity contribution < 1.29 is 14.5 Å². The predicted molar refractivity (Wildman–Crippen MR) is 62.0 cm³/mol. The number of benzene rings is 1. The molecule has 7 heteroatoms. The van der Waals surface area contributed by atoms with Crippen LogP contribution in [0.15, 0.2) is 18.2 Å². The first-order chi connectivity index (χ1) is 8.56. The second kappa shape index (κ2) is 6.20. The van der Waals surface area contributed by atoms with Gasteiger partial charge in [-0.05, 0) is 18.6 Å². The number of nitrogens with zero attached hydrogens (tertiary/aromatic N) is 2. The van der Waals surface area contributed by atoms with E-state index in [1.54, 1.807) is 0 Å². The van der Waals surface area contributed by atoms with Gasteiger partial charge in [0, 0.05) is 18.1 Å². The minimum atomic E-state index is -0.742. The lowest BCUT2D eigenvalue weighted by Crippen LogP contribution is -2.11. The van der Waals surface area contributed by atoms with Crippen LogP contribution in [-0.4, -0.2) is 17.4 Å². The van der Waals surface area contributed by atoms with E-state index in [0.717, 1.165) is 6.07 Å². The summed E-state index contributed by atoms with van der Waals surface area (Å²) in [5.74, 6) is -0.683. The molecule has 1 amide bonds. The van der Waals surface area contributed by atoms with Crippen molar-refractivity contribution in [2.75, 3.05) is 6.61 Å². The van der Waals surface area contributed by atoms with Crippen LogP contribution in [0.3, 0.4) is 0 Å². The quantitative estimate of drug-likeness (QED) is 0.464. The van der Waals surface area contributed by atoms with Gasteiger partial charge in [-0.15, -0.1) is 0 Å². The molecule has 0 saturated heterocycles. The molecular weight excluding hydrogens is 238 g/mol. The van der Waals surface area contributed by atoms with E-state index in [4.69, 9.17) is 15.7 Å². The number of rotatable bonds is 6. The van der Waals surface area contributed by atoms with Crippen molar-refractivity contribution in [3.05, 3.63) is 33.9 Å². The van der Waals surface area contributed by atoms with Crippen LogP contribution in [0.4, 0.5) is 5.69 Å². The molecule has 94 valence electrons. The molecule has 0 atom stereocenters. The average Bonchev–Trinajstić information content (AvgIpc) is 2.34. The van der Waals surface area contributed by atoms with Gasteiger partial charge in [0.25, 0.3) is 0 Å². The van der Waals surface area contributed by atoms with Crippen molar-refractivity contribution in [2.45, 2.75) is 12.8 Å². The maximum atomic E-state index is 10.9. The first kappa shape index (κ1) is 13.4. The van der Waals surface area contributed by atoms with E-state index in [0.29, 0.717) is 12.8 Å². The minimum absolute atomic E-state index is 0.0473. The van der Waals surface area contributed by atoms with Crippen molar-refractivity contribution in [3.63, 3.8) is 0 Å². The highest BCUT2D eigenvalue weighted by Crippen LogP contribution is 2.28. The molecule has 0 aliphatic heterocycles. The van der Waals surface area contributed by atoms with Crippen LogP contribution >= 0.6 is 0 Å². The number of nitrogens with two attached hydrogens (primary N) is 1. The fourth-order valence-corrected chi connectivity index (χ4v) is 1.27. The Labute approximate surface area is 103 Å². The summed E-state index contributed by atoms with van der Waals surface area (Å²) in [4.78, 5) is 21.1. The largest absolute Gasteiger partial charge is 0.487 e. The van der Waals surface area contributed by atoms with Gasteiger partial charge in [-0.1, -0.05) is 0 Å². The Bertz CT molecular complexity index is 508. The fourth-order valence-electron chi connectivity index (χ4n) is 1.27. The molecule has 0 heterocycles. The maximum absolute atomic E-state index is 10.9. The molecule has 0 bridgehead atoms. The Morgan fingerprint density at radius 2 is 2.28 bits per heavy atom. The van der Waals surface area contributed by atoms with Gasteiger partial charge in [-0.25, -0.2) is 0 Å². The van der Waals surface area contributed by atoms with Gasteiger partial charge in [0.2, 0.25) is 5.91 Å². The number of primary amides is 1. The summed E-state index contributed by atoms with van der Waals surface area (Å²) in [7, 11) is 0. The van der Waals surface area contributed by atoms with Crippen molar-refractivity contribution in [1.82, 2.24) is 0 Å². The molecule has 0 fully saturated rings. The number of nitro benzene ring substituents is 1. The summed E-state index contributed by atoms with van der Waals surface area (Å²) in [6, 6.07) is 5.69. The summed E-state index contributed by atoms with van der Waals surface area (Å²) < 4.78 is 5.19. The Hall–Kier alpha value is -2.62. The number of hydrogen-bond acceptors (Lipinski definition) is 5. The number of unbranched alkanes of at least 4 members (excludes halogenated alkanes) is 1. The molecule has 18 heavy (non-hydrogen) atoms. The van der Waals surface area contributed by atoms with Crippen LogP contribution in [0.5, 0.6) is 5.75 Å². The molecule has 0 spiro atoms. The molecule has 2 N–H and O–H groups in total. The molecule has 0 aromatic heterocycles. The molecule has 1 rings (SSSR count). The topological polar surface area (TPSA) is 119 Å². The van der Waals surface area contributed by atoms with E-state index in [9.17, 15) is 14.9 Å². The van der Waals surface area contributed by atoms with Gasteiger partial charge in [-0.2, -0.15) is 5.26 Å². The van der Waals surface area contributed by atoms with Crippen LogP contribution in [0.2, 0.25) is 0 Å². The summed E-state index contributed by atoms with van der Waals surface area (Å²) >= 11 is 0. The SMILES string of the molecule is N#CCCCOc1ccc(C(N)=O)cc1[N+](=O)[O-]. The summed E-state index contributed by atoms with van der Waals surface area (Å²) in [5.41, 5.74) is 4.77. The number of carbonyl (C=O) groups excluding carboxylic acids is 1. The third-order valence-electron chi connectivity index (χ3n) is 2.13. The van der Waals surface area contributed by atoms with Crippen LogP contribution in [0.1, 0.15) is 23.2 Å². The zero-order valence-electron chi connectivity index (χ0n) is 9.46. The smallest absolute Gasteiger partial charge is 0.311 e. The standard InChI is InChI=1S/C11H11N3O4/c12-5-1-2-6-18-10-4-3-8(11(13)15)7-9(10)14(16)17/h3-4,7H,1-2,6H2,(H2,13,15). The number of hydrogen-bond donors (Lipinski definition) is 1. The van der Waals surface area contributed by atoms with Crippen molar-refractivity contribution in [1.29, 1.82) is 5.26 Å². The van der Waals surface area contributed by atoms with E-state index >= 15 is 0 Å². The molecule has 1 aromatic rings. The average molecular weight is 249 g/mol. The number of ether oxygens (including phenoxy) is 1. The molecule has 1 aromatic carbocycles. The molecule has 0 unspecified atom stereocenters. The van der Waals surface area contributed by atoms with E-state index in [1.807, 2.05) is 6.07 Å². The van der Waals surface area contributed by atoms with Crippen molar-refractivity contribution in [2.24, 2.45) is 5.73 Å². The normalized spacial score (nSPS) is 9.50. The number of amides is 1. The number of nitriles is 1. The van der Waals surface area contributed by atoms with Gasteiger partial charge in [-0.3, -0.25) is 14.9 Å². The molecule has 0 radical (unpaired) electrons. The molecule has 0 aliphatic rings. The van der Waals surface area contributed by atoms with E-state index in [1.165, 1.54) is 12.1 Å². The third kappa shape index (κ3) is 3.45. The summed E-state index contributed by atoms with van der Waals surface area (Å²) in [5, 5.41) is 19.1. The Balaban J connectivity index is 2.87. The second-order valence-electron chi connectivity index (χ2n) is 3.41. The maximum Gasteiger partial charge on any atom is 0.311 e. The minimum Gasteiger partial charge on any atom is -0.487 e. The molecular formula is C11H11N3O4. The highest BCUT2D eigenvalue weighted by molar-refractivity contribution is 5.93. The Morgan fingerprint density at radius 1 is 1.56 bits per heavy atom. The first-order valence-electron chi connectivity index (χ1n) is 5.14. The van der Waals surface area contributed by atoms with Gasteiger partial charge in [0.1, 0.15) is 0 Å². The monoisotopic (exact) mass is 249 g/mol. The lowest BCUT2D eigenvalue weighted by molar-refractivity contribution is -0.385. The predicted octanol–water partition coefficient (Wildman–Crippen LogP) is 1.38. The molecule has 0 saturated carbocycles. The zero-order valence-corrected chi connectivity index (χ0v) is 9.46. The van der Waals surface area contributed by atoms with Crippen LogP contribution in [0, 0.1) is 21.4 Å². The third-order valence-corrected chi connectivity index (χ3v) is 2.13. The van der Waals surface area contributed by atoms with Crippen molar-refractivity contribution >= 4 is 11.6 Å². The Kier molecular flexibility index (Phi) is 4.63. The van der Waals surface area contributed by atoms with E-state index in [2.05, 4.69) is 0 Å². The fraction of sp³-hybridized carbons (Fsp3) is 0.273. The van der Waals surface area contributed by atoms with Crippen LogP contribution in [-0.2, 0) is 0 Å². The van der Waals surface area contributed by atoms with Crippen LogP contribution in [0.25, 0.3) is 0 Å². The first-order valence-corrected chi connectivity index (χ1v) is 5.14. The zero-order chi connectivity index (χ0) is 13.5. The lowest BCUT2D eigenvalue weighted by Gasteiger charge is -2.06. The van der Waals surface area contributed by atoms with Crippen LogP contribution < -0.4 is 10.5 Å². The van der Waals surface area contributed by atoms with Gasteiger partial charge in [0.05, 0.1) is 17.6 Å². The van der Waals surface area contributed by atoms with E-state index < -0.39 is 10.8 Å². The molecule has 0 aliphatic carbocycles. The highest BCUT2D eigenvalue weighted by atomic mass is 16.6. The number of carbonyl (C=O) groups is 1. The Morgan fingerprint density at radius 3 is 2.83 bits per heavy atom. The summed E-state index contributed by atoms with van der Waals surface area (Å²) in [6.45, 7) is 0.199.